The fraction of sp³-hybridized carbons (Fsp3) is 0. The van der Waals surface area contributed by atoms with Crippen molar-refractivity contribution >= 4 is 50.6 Å². The highest BCUT2D eigenvalue weighted by Crippen LogP contribution is 2.21. The van der Waals surface area contributed by atoms with E-state index in [9.17, 15) is 33.7 Å². The van der Waals surface area contributed by atoms with Crippen LogP contribution in [0, 0.1) is 0 Å². The van der Waals surface area contributed by atoms with Crippen molar-refractivity contribution in [3.05, 3.63) is 0 Å². The van der Waals surface area contributed by atoms with Crippen LogP contribution in [0.5, 0.6) is 0 Å². The normalized spacial score (nSPS) is 15.0. The average Bonchev–Trinajstić information content (AvgIpc) is 1.83. The van der Waals surface area contributed by atoms with Crippen LogP contribution in [0.1, 0.15) is 0 Å². The van der Waals surface area contributed by atoms with Gasteiger partial charge in [0.2, 0.25) is 0 Å². The van der Waals surface area contributed by atoms with Crippen molar-refractivity contribution in [3.8, 4) is 0 Å². The summed E-state index contributed by atoms with van der Waals surface area (Å²) >= 11 is 0. The molecule has 0 spiro atoms. The van der Waals surface area contributed by atoms with Crippen LogP contribution >= 0.6 is 0 Å². The highest BCUT2D eigenvalue weighted by atomic mass is 32.3. The fourth-order valence-electron chi connectivity index (χ4n) is 0.599. The number of hydrogen-bond donors (Lipinski definition) is 4. The van der Waals surface area contributed by atoms with Crippen molar-refractivity contribution < 1.29 is 67.4 Å². The van der Waals surface area contributed by atoms with Crippen molar-refractivity contribution in [1.82, 2.24) is 0 Å². The summed E-state index contributed by atoms with van der Waals surface area (Å²) in [7, 11) is -30.4. The van der Waals surface area contributed by atoms with Crippen LogP contribution < -0.4 is 0 Å². The standard InChI is InChI=1S/H4O16S4Si/c1-17(2,3)13-21(14-18(4,5)6,15-19(7,8)9)16-20(10,11)12/h(H,1,2,3)(H,4,5,6)(H,7,8,9)(H,10,11,12). The molecule has 21 heteroatoms. The molecule has 0 aromatic heterocycles. The molecule has 0 rings (SSSR count). The highest BCUT2D eigenvalue weighted by molar-refractivity contribution is 7.86. The molecule has 0 fully saturated rings. The predicted octanol–water partition coefficient (Wildman–Crippen LogP) is -3.30. The molecule has 128 valence electrons. The maximum absolute atomic E-state index is 10.4. The first kappa shape index (κ1) is 20.7. The topological polar surface area (TPSA) is 254 Å². The molecule has 21 heavy (non-hydrogen) atoms. The molecular formula is H4O16S4Si. The zero-order chi connectivity index (χ0) is 17.3. The molecule has 0 heterocycles. The maximum atomic E-state index is 10.4. The monoisotopic (exact) mass is 416 g/mol. The Morgan fingerprint density at radius 1 is 0.476 bits per heavy atom. The third-order valence-corrected chi connectivity index (χ3v) is 7.47. The first-order valence-corrected chi connectivity index (χ1v) is 10.6. The van der Waals surface area contributed by atoms with Crippen molar-refractivity contribution in [3.63, 3.8) is 0 Å². The van der Waals surface area contributed by atoms with E-state index in [0.29, 0.717) is 0 Å². The lowest BCUT2D eigenvalue weighted by Gasteiger charge is -2.20. The van der Waals surface area contributed by atoms with Gasteiger partial charge in [0.15, 0.2) is 0 Å². The van der Waals surface area contributed by atoms with E-state index >= 15 is 0 Å². The van der Waals surface area contributed by atoms with Gasteiger partial charge in [-0.3, -0.25) is 18.2 Å². The van der Waals surface area contributed by atoms with Crippen LogP contribution in [-0.4, -0.2) is 60.9 Å². The Hall–Kier alpha value is -0.303. The van der Waals surface area contributed by atoms with Crippen molar-refractivity contribution in [1.29, 1.82) is 0 Å². The van der Waals surface area contributed by atoms with Crippen LogP contribution in [0.2, 0.25) is 0 Å². The lowest BCUT2D eigenvalue weighted by atomic mass is 15.6. The van der Waals surface area contributed by atoms with Gasteiger partial charge in [-0.05, 0) is 0 Å². The molecule has 0 aliphatic carbocycles. The van der Waals surface area contributed by atoms with E-state index in [1.807, 2.05) is 0 Å². The molecule has 0 saturated heterocycles. The Balaban J connectivity index is 6.18. The van der Waals surface area contributed by atoms with E-state index in [1.54, 1.807) is 0 Å². The molecule has 0 aromatic carbocycles. The molecule has 0 saturated carbocycles. The summed E-state index contributed by atoms with van der Waals surface area (Å²) in [5.41, 5.74) is 0. The van der Waals surface area contributed by atoms with E-state index in [4.69, 9.17) is 18.2 Å². The second-order valence-electron chi connectivity index (χ2n) is 2.54. The summed E-state index contributed by atoms with van der Waals surface area (Å²) in [6.45, 7) is 0. The van der Waals surface area contributed by atoms with Gasteiger partial charge in [-0.15, -0.1) is 0 Å². The molecule has 0 aromatic rings. The Kier molecular flexibility index (Phi) is 5.98. The van der Waals surface area contributed by atoms with E-state index in [-0.39, 0.29) is 0 Å². The van der Waals surface area contributed by atoms with Crippen molar-refractivity contribution in [2.24, 2.45) is 0 Å². The second kappa shape index (κ2) is 6.06. The van der Waals surface area contributed by atoms with Gasteiger partial charge >= 0.3 is 50.6 Å². The molecule has 16 nitrogen and oxygen atoms in total. The average molecular weight is 416 g/mol. The van der Waals surface area contributed by atoms with E-state index in [2.05, 4.69) is 15.5 Å². The Morgan fingerprint density at radius 3 is 0.714 bits per heavy atom. The summed E-state index contributed by atoms with van der Waals surface area (Å²) in [5, 5.41) is 0. The predicted molar refractivity (Wildman–Crippen MR) is 56.3 cm³/mol. The van der Waals surface area contributed by atoms with Crippen LogP contribution in [0.15, 0.2) is 0 Å². The molecule has 0 radical (unpaired) electrons. The maximum Gasteiger partial charge on any atom is 0.746 e. The van der Waals surface area contributed by atoms with E-state index in [1.165, 1.54) is 0 Å². The Labute approximate surface area is 118 Å². The van der Waals surface area contributed by atoms with Gasteiger partial charge in [0.1, 0.15) is 0 Å². The minimum absolute atomic E-state index is 3.14. The smallest absolute Gasteiger partial charge is 0.264 e. The summed E-state index contributed by atoms with van der Waals surface area (Å²) in [6.07, 6.45) is 0. The largest absolute Gasteiger partial charge is 0.746 e. The van der Waals surface area contributed by atoms with Gasteiger partial charge in [0.25, 0.3) is 0 Å². The third kappa shape index (κ3) is 11.0. The quantitative estimate of drug-likeness (QED) is 0.223. The van der Waals surface area contributed by atoms with Gasteiger partial charge in [-0.25, -0.2) is 15.5 Å². The molecule has 0 atom stereocenters. The van der Waals surface area contributed by atoms with Crippen LogP contribution in [0.3, 0.4) is 0 Å². The summed E-state index contributed by atoms with van der Waals surface area (Å²) in [5.74, 6) is 0. The van der Waals surface area contributed by atoms with Crippen LogP contribution in [0.25, 0.3) is 0 Å². The Bertz CT molecular complexity index is 631. The molecule has 0 aliphatic rings. The second-order valence-corrected chi connectivity index (χ2v) is 9.63. The minimum Gasteiger partial charge on any atom is -0.264 e. The lowest BCUT2D eigenvalue weighted by molar-refractivity contribution is 0.142. The van der Waals surface area contributed by atoms with Gasteiger partial charge in [0.05, 0.1) is 0 Å². The van der Waals surface area contributed by atoms with Gasteiger partial charge in [-0.1, -0.05) is 0 Å². The van der Waals surface area contributed by atoms with Gasteiger partial charge < -0.3 is 0 Å². The minimum atomic E-state index is -6.69. The summed E-state index contributed by atoms with van der Waals surface area (Å²) < 4.78 is 129. The van der Waals surface area contributed by atoms with E-state index < -0.39 is 50.6 Å². The van der Waals surface area contributed by atoms with E-state index in [0.717, 1.165) is 0 Å². The molecule has 0 bridgehead atoms. The summed E-state index contributed by atoms with van der Waals surface area (Å²) in [4.78, 5) is 0. The molecule has 0 aliphatic heterocycles. The lowest BCUT2D eigenvalue weighted by Crippen LogP contribution is -2.53. The Morgan fingerprint density at radius 2 is 0.619 bits per heavy atom. The SMILES string of the molecule is O=S(=O)(O)O[Si](OS(=O)(=O)O)(OS(=O)(=O)O)OS(=O)(=O)O. The number of rotatable bonds is 8. The highest BCUT2D eigenvalue weighted by Gasteiger charge is 2.61. The number of hydrogen-bond acceptors (Lipinski definition) is 12. The van der Waals surface area contributed by atoms with Crippen LogP contribution in [-0.2, 0) is 57.1 Å². The molecule has 4 N–H and O–H groups in total. The first-order chi connectivity index (χ1) is 8.83. The third-order valence-electron chi connectivity index (χ3n) is 0.829. The van der Waals surface area contributed by atoms with Crippen LogP contribution in [0.4, 0.5) is 0 Å². The molecule has 0 amide bonds. The molecule has 0 unspecified atom stereocenters. The van der Waals surface area contributed by atoms with Crippen molar-refractivity contribution in [2.75, 3.05) is 0 Å². The first-order valence-electron chi connectivity index (χ1n) is 3.55. The zero-order valence-corrected chi connectivity index (χ0v) is 13.1. The molecular weight excluding hydrogens is 412 g/mol. The summed E-state index contributed by atoms with van der Waals surface area (Å²) in [6, 6.07) is 0. The van der Waals surface area contributed by atoms with Crippen molar-refractivity contribution in [2.45, 2.75) is 0 Å². The van der Waals surface area contributed by atoms with Gasteiger partial charge in [-0.2, -0.15) is 33.7 Å². The van der Waals surface area contributed by atoms with Gasteiger partial charge in [0, 0.05) is 0 Å². The zero-order valence-electron chi connectivity index (χ0n) is 8.82. The fourth-order valence-corrected chi connectivity index (χ4v) is 6.89.